The highest BCUT2D eigenvalue weighted by molar-refractivity contribution is 6.28. The summed E-state index contributed by atoms with van der Waals surface area (Å²) in [6.07, 6.45) is -1.66. The van der Waals surface area contributed by atoms with Crippen molar-refractivity contribution in [3.8, 4) is 16.9 Å². The molecule has 0 atom stereocenters. The highest BCUT2D eigenvalue weighted by atomic mass is 19.4. The molecule has 11 heteroatoms. The van der Waals surface area contributed by atoms with Gasteiger partial charge in [0.25, 0.3) is 0 Å². The first-order valence-corrected chi connectivity index (χ1v) is 11.2. The lowest BCUT2D eigenvalue weighted by molar-refractivity contribution is -0.137. The molecule has 8 nitrogen and oxygen atoms in total. The van der Waals surface area contributed by atoms with Crippen LogP contribution in [0.15, 0.2) is 79.1 Å². The van der Waals surface area contributed by atoms with Crippen LogP contribution in [-0.4, -0.2) is 33.9 Å². The number of amides is 4. The van der Waals surface area contributed by atoms with Gasteiger partial charge in [-0.2, -0.15) is 18.3 Å². The summed E-state index contributed by atoms with van der Waals surface area (Å²) in [7, 11) is 0. The van der Waals surface area contributed by atoms with Crippen molar-refractivity contribution in [1.29, 1.82) is 0 Å². The van der Waals surface area contributed by atoms with Crippen molar-refractivity contribution in [2.75, 3.05) is 21.2 Å². The van der Waals surface area contributed by atoms with Crippen LogP contribution in [0.1, 0.15) is 12.5 Å². The fraction of sp³-hybridized carbons (Fsp3) is 0.115. The molecule has 0 bridgehead atoms. The molecular formula is C26H20F3N5O3. The zero-order chi connectivity index (χ0) is 26.3. The Kier molecular flexibility index (Phi) is 5.82. The maximum Gasteiger partial charge on any atom is 0.416 e. The summed E-state index contributed by atoms with van der Waals surface area (Å²) in [5.41, 5.74) is 0.321. The number of anilines is 4. The van der Waals surface area contributed by atoms with Crippen molar-refractivity contribution in [3.63, 3.8) is 0 Å². The molecule has 2 heterocycles. The van der Waals surface area contributed by atoms with Gasteiger partial charge in [0, 0.05) is 23.9 Å². The van der Waals surface area contributed by atoms with E-state index in [1.54, 1.807) is 37.3 Å². The summed E-state index contributed by atoms with van der Waals surface area (Å²) < 4.78 is 41.0. The zero-order valence-corrected chi connectivity index (χ0v) is 19.4. The molecule has 0 radical (unpaired) electrons. The SMILES string of the molecule is CCN1C(=O)N(c2ccc(O)c(-c3cn[nH]c3)c2)C(=O)N(c2ccccc2)c2cc(C(F)(F)F)ccc21. The molecule has 0 fully saturated rings. The molecule has 0 aliphatic carbocycles. The molecule has 2 N–H and O–H groups in total. The Balaban J connectivity index is 1.74. The molecule has 3 aromatic carbocycles. The topological polar surface area (TPSA) is 92.8 Å². The number of hydrogen-bond donors (Lipinski definition) is 2. The average molecular weight is 507 g/mol. The number of para-hydroxylation sites is 1. The van der Waals surface area contributed by atoms with Crippen LogP contribution < -0.4 is 14.7 Å². The summed E-state index contributed by atoms with van der Waals surface area (Å²) in [6, 6.07) is 13.6. The molecule has 0 unspecified atom stereocenters. The van der Waals surface area contributed by atoms with E-state index < -0.39 is 23.8 Å². The molecule has 188 valence electrons. The Morgan fingerprint density at radius 3 is 2.30 bits per heavy atom. The van der Waals surface area contributed by atoms with Gasteiger partial charge in [0.15, 0.2) is 0 Å². The third kappa shape index (κ3) is 4.14. The van der Waals surface area contributed by atoms with Gasteiger partial charge in [-0.25, -0.2) is 14.5 Å². The zero-order valence-electron chi connectivity index (χ0n) is 19.4. The fourth-order valence-corrected chi connectivity index (χ4v) is 4.26. The summed E-state index contributed by atoms with van der Waals surface area (Å²) in [6.45, 7) is 1.74. The predicted molar refractivity (Wildman–Crippen MR) is 132 cm³/mol. The number of imide groups is 1. The van der Waals surface area contributed by atoms with E-state index in [1.807, 2.05) is 0 Å². The van der Waals surface area contributed by atoms with Gasteiger partial charge in [-0.1, -0.05) is 18.2 Å². The Labute approximate surface area is 209 Å². The second kappa shape index (κ2) is 9.01. The van der Waals surface area contributed by atoms with E-state index in [1.165, 1.54) is 41.6 Å². The minimum absolute atomic E-state index is 0.0796. The molecule has 37 heavy (non-hydrogen) atoms. The van der Waals surface area contributed by atoms with E-state index in [2.05, 4.69) is 10.2 Å². The Bertz CT molecular complexity index is 1470. The number of nitrogens with zero attached hydrogens (tertiary/aromatic N) is 4. The number of halogens is 3. The van der Waals surface area contributed by atoms with Gasteiger partial charge in [-0.15, -0.1) is 0 Å². The maximum absolute atomic E-state index is 14.1. The maximum atomic E-state index is 14.1. The highest BCUT2D eigenvalue weighted by Gasteiger charge is 2.41. The van der Waals surface area contributed by atoms with Crippen LogP contribution >= 0.6 is 0 Å². The first-order valence-electron chi connectivity index (χ1n) is 11.2. The highest BCUT2D eigenvalue weighted by Crippen LogP contribution is 2.44. The average Bonchev–Trinajstić information content (AvgIpc) is 3.38. The summed E-state index contributed by atoms with van der Waals surface area (Å²) in [5, 5.41) is 16.9. The molecular weight excluding hydrogens is 487 g/mol. The summed E-state index contributed by atoms with van der Waals surface area (Å²) in [5.74, 6) is -0.106. The quantitative estimate of drug-likeness (QED) is 0.329. The first kappa shape index (κ1) is 23.9. The van der Waals surface area contributed by atoms with E-state index in [9.17, 15) is 27.9 Å². The number of fused-ring (bicyclic) bond motifs is 1. The number of aromatic hydroxyl groups is 1. The number of urea groups is 2. The first-order chi connectivity index (χ1) is 17.7. The molecule has 1 aliphatic rings. The molecule has 0 spiro atoms. The number of carbonyl (C=O) groups is 2. The number of aromatic amines is 1. The van der Waals surface area contributed by atoms with Crippen LogP contribution in [0.5, 0.6) is 5.75 Å². The third-order valence-electron chi connectivity index (χ3n) is 6.02. The van der Waals surface area contributed by atoms with Crippen LogP contribution in [0.4, 0.5) is 45.5 Å². The van der Waals surface area contributed by atoms with Gasteiger partial charge >= 0.3 is 18.2 Å². The van der Waals surface area contributed by atoms with Crippen LogP contribution in [0.3, 0.4) is 0 Å². The molecule has 1 aliphatic heterocycles. The van der Waals surface area contributed by atoms with Crippen LogP contribution in [0.2, 0.25) is 0 Å². The van der Waals surface area contributed by atoms with E-state index in [-0.39, 0.29) is 35.0 Å². The minimum atomic E-state index is -4.66. The largest absolute Gasteiger partial charge is 0.507 e. The van der Waals surface area contributed by atoms with Gasteiger partial charge in [0.05, 0.1) is 34.5 Å². The Hall–Kier alpha value is -4.80. The number of aromatic nitrogens is 2. The van der Waals surface area contributed by atoms with Crippen molar-refractivity contribution in [1.82, 2.24) is 10.2 Å². The van der Waals surface area contributed by atoms with Crippen molar-refractivity contribution in [2.24, 2.45) is 0 Å². The minimum Gasteiger partial charge on any atom is -0.507 e. The number of rotatable bonds is 4. The number of H-pyrrole nitrogens is 1. The van der Waals surface area contributed by atoms with Crippen molar-refractivity contribution < 1.29 is 27.9 Å². The van der Waals surface area contributed by atoms with Gasteiger partial charge in [0.1, 0.15) is 5.75 Å². The number of nitrogens with one attached hydrogen (secondary N) is 1. The molecule has 4 amide bonds. The van der Waals surface area contributed by atoms with E-state index >= 15 is 0 Å². The van der Waals surface area contributed by atoms with Crippen molar-refractivity contribution >= 4 is 34.8 Å². The van der Waals surface area contributed by atoms with Gasteiger partial charge < -0.3 is 5.11 Å². The second-order valence-electron chi connectivity index (χ2n) is 8.21. The number of phenolic OH excluding ortho intramolecular Hbond substituents is 1. The summed E-state index contributed by atoms with van der Waals surface area (Å²) in [4.78, 5) is 31.1. The van der Waals surface area contributed by atoms with Gasteiger partial charge in [-0.3, -0.25) is 14.9 Å². The molecule has 5 rings (SSSR count). The third-order valence-corrected chi connectivity index (χ3v) is 6.02. The van der Waals surface area contributed by atoms with Crippen LogP contribution in [0.25, 0.3) is 11.1 Å². The molecule has 4 aromatic rings. The number of alkyl halides is 3. The van der Waals surface area contributed by atoms with Crippen LogP contribution in [-0.2, 0) is 6.18 Å². The Morgan fingerprint density at radius 1 is 0.892 bits per heavy atom. The van der Waals surface area contributed by atoms with Crippen LogP contribution in [0, 0.1) is 0 Å². The molecule has 0 saturated heterocycles. The molecule has 0 saturated carbocycles. The fourth-order valence-electron chi connectivity index (χ4n) is 4.26. The monoisotopic (exact) mass is 507 g/mol. The Morgan fingerprint density at radius 2 is 1.65 bits per heavy atom. The molecule has 1 aromatic heterocycles. The lowest BCUT2D eigenvalue weighted by atomic mass is 10.1. The normalized spacial score (nSPS) is 14.1. The number of phenols is 1. The van der Waals surface area contributed by atoms with Crippen molar-refractivity contribution in [2.45, 2.75) is 13.1 Å². The number of hydrogen-bond acceptors (Lipinski definition) is 4. The lowest BCUT2D eigenvalue weighted by Crippen LogP contribution is -2.48. The predicted octanol–water partition coefficient (Wildman–Crippen LogP) is 6.53. The lowest BCUT2D eigenvalue weighted by Gasteiger charge is -2.27. The van der Waals surface area contributed by atoms with Gasteiger partial charge in [-0.05, 0) is 55.5 Å². The number of benzene rings is 3. The van der Waals surface area contributed by atoms with E-state index in [4.69, 9.17) is 0 Å². The van der Waals surface area contributed by atoms with Gasteiger partial charge in [0.2, 0.25) is 0 Å². The number of carbonyl (C=O) groups excluding carboxylic acids is 2. The van der Waals surface area contributed by atoms with Crippen molar-refractivity contribution in [3.05, 3.63) is 84.7 Å². The van der Waals surface area contributed by atoms with E-state index in [0.29, 0.717) is 11.1 Å². The van der Waals surface area contributed by atoms with E-state index in [0.717, 1.165) is 21.9 Å². The second-order valence-corrected chi connectivity index (χ2v) is 8.21. The standard InChI is InChI=1S/C26H20F3N5O3/c1-2-32-21-10-8-17(26(27,28)29)12-22(21)33(18-6-4-3-5-7-18)25(37)34(24(32)36)19-9-11-23(35)20(13-19)16-14-30-31-15-16/h3-15,35H,2H2,1H3,(H,30,31). The summed E-state index contributed by atoms with van der Waals surface area (Å²) >= 11 is 0. The smallest absolute Gasteiger partial charge is 0.416 e.